The van der Waals surface area contributed by atoms with Gasteiger partial charge in [-0.2, -0.15) is 0 Å². The van der Waals surface area contributed by atoms with Gasteiger partial charge < -0.3 is 10.1 Å². The van der Waals surface area contributed by atoms with Gasteiger partial charge in [0.2, 0.25) is 0 Å². The normalized spacial score (nSPS) is 17.8. The van der Waals surface area contributed by atoms with Crippen molar-refractivity contribution in [1.82, 2.24) is 16.2 Å². The van der Waals surface area contributed by atoms with Gasteiger partial charge in [0, 0.05) is 18.7 Å². The van der Waals surface area contributed by atoms with Crippen LogP contribution in [-0.4, -0.2) is 30.3 Å². The van der Waals surface area contributed by atoms with Gasteiger partial charge in [-0.05, 0) is 37.2 Å². The maximum atomic E-state index is 11.7. The van der Waals surface area contributed by atoms with Crippen molar-refractivity contribution in [3.63, 3.8) is 0 Å². The fraction of sp³-hybridized carbons (Fsp3) is 0.385. The van der Waals surface area contributed by atoms with Crippen LogP contribution in [0.4, 0.5) is 0 Å². The zero-order chi connectivity index (χ0) is 13.5. The van der Waals surface area contributed by atoms with E-state index < -0.39 is 0 Å². The molecule has 1 aliphatic rings. The number of hydrazine groups is 1. The molecule has 1 atom stereocenters. The monoisotopic (exact) mass is 279 g/mol. The van der Waals surface area contributed by atoms with Crippen LogP contribution < -0.4 is 16.2 Å². The van der Waals surface area contributed by atoms with Gasteiger partial charge >= 0.3 is 0 Å². The topological polar surface area (TPSA) is 62.4 Å². The van der Waals surface area contributed by atoms with Gasteiger partial charge in [0.15, 0.2) is 5.11 Å². The number of nitrogens with one attached hydrogen (secondary N) is 3. The Labute approximate surface area is 117 Å². The molecule has 0 spiro atoms. The summed E-state index contributed by atoms with van der Waals surface area (Å²) in [6.45, 7) is 1.48. The van der Waals surface area contributed by atoms with Gasteiger partial charge in [-0.25, -0.2) is 0 Å². The van der Waals surface area contributed by atoms with Crippen LogP contribution in [-0.2, 0) is 4.74 Å². The molecule has 1 aromatic carbocycles. The number of carbonyl (C=O) groups is 1. The average Bonchev–Trinajstić information content (AvgIpc) is 2.96. The third kappa shape index (κ3) is 4.50. The molecule has 1 amide bonds. The second-order valence-electron chi connectivity index (χ2n) is 4.29. The molecule has 1 saturated heterocycles. The van der Waals surface area contributed by atoms with E-state index in [0.717, 1.165) is 19.4 Å². The van der Waals surface area contributed by atoms with Crippen LogP contribution in [0.25, 0.3) is 0 Å². The molecule has 2 rings (SSSR count). The highest BCUT2D eigenvalue weighted by Crippen LogP contribution is 2.10. The van der Waals surface area contributed by atoms with E-state index in [-0.39, 0.29) is 12.0 Å². The van der Waals surface area contributed by atoms with E-state index in [1.807, 2.05) is 18.2 Å². The molecule has 3 N–H and O–H groups in total. The summed E-state index contributed by atoms with van der Waals surface area (Å²) in [7, 11) is 0. The van der Waals surface area contributed by atoms with E-state index in [1.165, 1.54) is 0 Å². The maximum absolute atomic E-state index is 11.7. The van der Waals surface area contributed by atoms with Crippen molar-refractivity contribution in [2.45, 2.75) is 18.9 Å². The van der Waals surface area contributed by atoms with Gasteiger partial charge in [-0.15, -0.1) is 0 Å². The van der Waals surface area contributed by atoms with E-state index in [0.29, 0.717) is 17.2 Å². The number of thiocarbonyl (C=S) groups is 1. The van der Waals surface area contributed by atoms with E-state index in [9.17, 15) is 4.79 Å². The third-order valence-electron chi connectivity index (χ3n) is 2.84. The fourth-order valence-corrected chi connectivity index (χ4v) is 1.97. The second-order valence-corrected chi connectivity index (χ2v) is 4.70. The smallest absolute Gasteiger partial charge is 0.269 e. The minimum absolute atomic E-state index is 0.213. The zero-order valence-corrected chi connectivity index (χ0v) is 11.3. The van der Waals surface area contributed by atoms with Gasteiger partial charge in [0.25, 0.3) is 5.91 Å². The van der Waals surface area contributed by atoms with Crippen LogP contribution in [0.2, 0.25) is 0 Å². The Morgan fingerprint density at radius 3 is 2.79 bits per heavy atom. The summed E-state index contributed by atoms with van der Waals surface area (Å²) in [5.74, 6) is -0.220. The van der Waals surface area contributed by atoms with Crippen LogP contribution in [0.1, 0.15) is 23.2 Å². The molecule has 1 heterocycles. The fourth-order valence-electron chi connectivity index (χ4n) is 1.83. The van der Waals surface area contributed by atoms with E-state index in [1.54, 1.807) is 12.1 Å². The van der Waals surface area contributed by atoms with Gasteiger partial charge in [0.1, 0.15) is 0 Å². The molecule has 6 heteroatoms. The van der Waals surface area contributed by atoms with Crippen LogP contribution in [0.15, 0.2) is 30.3 Å². The first-order valence-electron chi connectivity index (χ1n) is 6.26. The molecule has 0 aliphatic carbocycles. The van der Waals surface area contributed by atoms with E-state index in [4.69, 9.17) is 17.0 Å². The lowest BCUT2D eigenvalue weighted by Gasteiger charge is -2.14. The Morgan fingerprint density at radius 1 is 1.32 bits per heavy atom. The molecule has 1 fully saturated rings. The average molecular weight is 279 g/mol. The van der Waals surface area contributed by atoms with Crippen LogP contribution in [0.5, 0.6) is 0 Å². The summed E-state index contributed by atoms with van der Waals surface area (Å²) in [5.41, 5.74) is 5.79. The van der Waals surface area contributed by atoms with Gasteiger partial charge in [0.05, 0.1) is 6.10 Å². The molecule has 102 valence electrons. The molecule has 0 aromatic heterocycles. The minimum Gasteiger partial charge on any atom is -0.376 e. The van der Waals surface area contributed by atoms with Gasteiger partial charge in [-0.3, -0.25) is 15.6 Å². The Hall–Kier alpha value is -1.66. The van der Waals surface area contributed by atoms with Crippen molar-refractivity contribution in [2.75, 3.05) is 13.2 Å². The Morgan fingerprint density at radius 2 is 2.11 bits per heavy atom. The van der Waals surface area contributed by atoms with Crippen molar-refractivity contribution in [2.24, 2.45) is 0 Å². The van der Waals surface area contributed by atoms with Crippen molar-refractivity contribution in [3.8, 4) is 0 Å². The zero-order valence-electron chi connectivity index (χ0n) is 10.5. The quantitative estimate of drug-likeness (QED) is 0.568. The first kappa shape index (κ1) is 13.8. The molecule has 1 aromatic rings. The molecular formula is C13H17N3O2S. The van der Waals surface area contributed by atoms with Crippen molar-refractivity contribution in [3.05, 3.63) is 35.9 Å². The highest BCUT2D eigenvalue weighted by molar-refractivity contribution is 7.80. The number of hydrogen-bond donors (Lipinski definition) is 3. The highest BCUT2D eigenvalue weighted by atomic mass is 32.1. The number of carbonyl (C=O) groups excluding carboxylic acids is 1. The number of rotatable bonds is 3. The number of benzene rings is 1. The number of hydrogen-bond acceptors (Lipinski definition) is 3. The molecule has 0 unspecified atom stereocenters. The molecule has 0 saturated carbocycles. The van der Waals surface area contributed by atoms with Gasteiger partial charge in [-0.1, -0.05) is 18.2 Å². The Balaban J connectivity index is 1.67. The highest BCUT2D eigenvalue weighted by Gasteiger charge is 2.15. The largest absolute Gasteiger partial charge is 0.376 e. The standard InChI is InChI=1S/C13H17N3O2S/c17-12(10-5-2-1-3-6-10)15-16-13(19)14-9-11-7-4-8-18-11/h1-3,5-6,11H,4,7-9H2,(H,15,17)(H2,14,16,19)/t11-/m0/s1. The molecular weight excluding hydrogens is 262 g/mol. The van der Waals surface area contributed by atoms with Crippen LogP contribution in [0, 0.1) is 0 Å². The number of amides is 1. The summed E-state index contributed by atoms with van der Waals surface area (Å²) >= 11 is 5.06. The SMILES string of the molecule is O=C(NNC(=S)NC[C@@H]1CCCO1)c1ccccc1. The van der Waals surface area contributed by atoms with Crippen LogP contribution in [0.3, 0.4) is 0 Å². The maximum Gasteiger partial charge on any atom is 0.269 e. The Bertz CT molecular complexity index is 433. The predicted molar refractivity (Wildman–Crippen MR) is 76.6 cm³/mol. The molecule has 0 bridgehead atoms. The lowest BCUT2D eigenvalue weighted by atomic mass is 10.2. The van der Waals surface area contributed by atoms with Crippen molar-refractivity contribution >= 4 is 23.2 Å². The second kappa shape index (κ2) is 7.06. The number of ether oxygens (including phenoxy) is 1. The first-order chi connectivity index (χ1) is 9.25. The lowest BCUT2D eigenvalue weighted by Crippen LogP contribution is -2.48. The molecule has 0 radical (unpaired) electrons. The minimum atomic E-state index is -0.220. The lowest BCUT2D eigenvalue weighted by molar-refractivity contribution is 0.0943. The molecule has 1 aliphatic heterocycles. The molecule has 19 heavy (non-hydrogen) atoms. The van der Waals surface area contributed by atoms with Crippen molar-refractivity contribution < 1.29 is 9.53 Å². The Kier molecular flexibility index (Phi) is 5.11. The molecule has 5 nitrogen and oxygen atoms in total. The van der Waals surface area contributed by atoms with E-state index in [2.05, 4.69) is 16.2 Å². The summed E-state index contributed by atoms with van der Waals surface area (Å²) < 4.78 is 5.46. The van der Waals surface area contributed by atoms with Crippen LogP contribution >= 0.6 is 12.2 Å². The summed E-state index contributed by atoms with van der Waals surface area (Å²) in [5, 5.41) is 3.40. The predicted octanol–water partition coefficient (Wildman–Crippen LogP) is 0.974. The van der Waals surface area contributed by atoms with E-state index >= 15 is 0 Å². The summed E-state index contributed by atoms with van der Waals surface area (Å²) in [6.07, 6.45) is 2.35. The van der Waals surface area contributed by atoms with Crippen molar-refractivity contribution in [1.29, 1.82) is 0 Å². The summed E-state index contributed by atoms with van der Waals surface area (Å²) in [6, 6.07) is 8.95. The third-order valence-corrected chi connectivity index (χ3v) is 3.09. The first-order valence-corrected chi connectivity index (χ1v) is 6.67. The summed E-state index contributed by atoms with van der Waals surface area (Å²) in [4.78, 5) is 11.7.